The summed E-state index contributed by atoms with van der Waals surface area (Å²) in [6.07, 6.45) is -0.288. The molecule has 0 saturated carbocycles. The summed E-state index contributed by atoms with van der Waals surface area (Å²) in [6.45, 7) is 0.0528. The first-order valence-electron chi connectivity index (χ1n) is 12.6. The van der Waals surface area contributed by atoms with E-state index in [0.29, 0.717) is 28.1 Å². The number of imide groups is 1. The standard InChI is InChI=1S/C29H27FN4O6/c1-33(22-5-3-4-19(30)14-22)21-10-8-20(9-11-21)31-29(38)40-16-18-7-6-17-15-34(28(37)25(17)26(18)39-2)23-12-13-24(35)32-27(23)36/h3-11,14,23H,12-13,15-16H2,1-2H3,(H,31,38)(H,32,35,36). The number of hydrogen-bond acceptors (Lipinski definition) is 7. The van der Waals surface area contributed by atoms with Gasteiger partial charge in [0.05, 0.1) is 12.7 Å². The molecular formula is C29H27FN4O6. The molecule has 1 atom stereocenters. The van der Waals surface area contributed by atoms with E-state index in [1.807, 2.05) is 11.9 Å². The van der Waals surface area contributed by atoms with Crippen molar-refractivity contribution in [2.75, 3.05) is 24.4 Å². The van der Waals surface area contributed by atoms with E-state index >= 15 is 0 Å². The molecule has 10 nitrogen and oxygen atoms in total. The fraction of sp³-hybridized carbons (Fsp3) is 0.241. The van der Waals surface area contributed by atoms with Crippen LogP contribution in [0.5, 0.6) is 5.75 Å². The Labute approximate surface area is 229 Å². The van der Waals surface area contributed by atoms with E-state index in [4.69, 9.17) is 9.47 Å². The molecular weight excluding hydrogens is 519 g/mol. The maximum atomic E-state index is 13.6. The number of fused-ring (bicyclic) bond motifs is 1. The molecule has 2 heterocycles. The number of rotatable bonds is 7. The third kappa shape index (κ3) is 5.31. The summed E-state index contributed by atoms with van der Waals surface area (Å²) in [5, 5.41) is 4.94. The van der Waals surface area contributed by atoms with Crippen LogP contribution in [0.4, 0.5) is 26.2 Å². The molecule has 2 N–H and O–H groups in total. The van der Waals surface area contributed by atoms with Crippen LogP contribution < -0.4 is 20.3 Å². The van der Waals surface area contributed by atoms with Gasteiger partial charge in [-0.1, -0.05) is 18.2 Å². The summed E-state index contributed by atoms with van der Waals surface area (Å²) >= 11 is 0. The molecule has 1 fully saturated rings. The molecule has 1 saturated heterocycles. The minimum absolute atomic E-state index is 0.158. The van der Waals surface area contributed by atoms with Gasteiger partial charge in [-0.05, 0) is 54.4 Å². The number of anilines is 3. The minimum Gasteiger partial charge on any atom is -0.495 e. The number of methoxy groups -OCH3 is 1. The van der Waals surface area contributed by atoms with Crippen molar-refractivity contribution in [1.82, 2.24) is 10.2 Å². The number of amides is 4. The first kappa shape index (κ1) is 26.7. The molecule has 1 unspecified atom stereocenters. The highest BCUT2D eigenvalue weighted by Gasteiger charge is 2.41. The van der Waals surface area contributed by atoms with Gasteiger partial charge in [-0.2, -0.15) is 0 Å². The topological polar surface area (TPSA) is 117 Å². The van der Waals surface area contributed by atoms with Crippen molar-refractivity contribution >= 4 is 40.9 Å². The summed E-state index contributed by atoms with van der Waals surface area (Å²) in [7, 11) is 3.23. The largest absolute Gasteiger partial charge is 0.495 e. The van der Waals surface area contributed by atoms with Crippen LogP contribution in [0.3, 0.4) is 0 Å². The van der Waals surface area contributed by atoms with Gasteiger partial charge in [0.25, 0.3) is 5.91 Å². The second kappa shape index (κ2) is 11.0. The van der Waals surface area contributed by atoms with Gasteiger partial charge < -0.3 is 19.3 Å². The van der Waals surface area contributed by atoms with E-state index in [1.165, 1.54) is 24.1 Å². The van der Waals surface area contributed by atoms with Gasteiger partial charge in [0, 0.05) is 42.6 Å². The number of ether oxygens (including phenoxy) is 2. The Hall–Kier alpha value is -4.93. The first-order chi connectivity index (χ1) is 19.2. The fourth-order valence-corrected chi connectivity index (χ4v) is 4.91. The van der Waals surface area contributed by atoms with Crippen LogP contribution in [-0.2, 0) is 27.5 Å². The van der Waals surface area contributed by atoms with Crippen molar-refractivity contribution < 1.29 is 33.0 Å². The zero-order chi connectivity index (χ0) is 28.4. The molecule has 0 aromatic heterocycles. The summed E-state index contributed by atoms with van der Waals surface area (Å²) < 4.78 is 24.5. The van der Waals surface area contributed by atoms with E-state index in [1.54, 1.807) is 48.5 Å². The SMILES string of the molecule is COc1c(COC(=O)Nc2ccc(N(C)c3cccc(F)c3)cc2)ccc2c1C(=O)N(C1CCC(=O)NC1=O)C2. The predicted octanol–water partition coefficient (Wildman–Crippen LogP) is 4.11. The average Bonchev–Trinajstić information content (AvgIpc) is 3.27. The van der Waals surface area contributed by atoms with Crippen LogP contribution in [0.2, 0.25) is 0 Å². The van der Waals surface area contributed by atoms with Gasteiger partial charge in [-0.25, -0.2) is 9.18 Å². The normalized spacial score (nSPS) is 16.3. The molecule has 4 amide bonds. The number of halogens is 1. The number of nitrogens with one attached hydrogen (secondary N) is 2. The second-order valence-electron chi connectivity index (χ2n) is 9.48. The number of nitrogens with zero attached hydrogens (tertiary/aromatic N) is 2. The lowest BCUT2D eigenvalue weighted by Gasteiger charge is -2.29. The van der Waals surface area contributed by atoms with Gasteiger partial charge in [-0.3, -0.25) is 25.0 Å². The summed E-state index contributed by atoms with van der Waals surface area (Å²) in [4.78, 5) is 52.9. The fourth-order valence-electron chi connectivity index (χ4n) is 4.91. The Morgan fingerprint density at radius 3 is 2.58 bits per heavy atom. The number of carbonyl (C=O) groups excluding carboxylic acids is 4. The number of benzene rings is 3. The van der Waals surface area contributed by atoms with Gasteiger partial charge in [-0.15, -0.1) is 0 Å². The van der Waals surface area contributed by atoms with Gasteiger partial charge >= 0.3 is 6.09 Å². The Morgan fingerprint density at radius 2 is 1.88 bits per heavy atom. The highest BCUT2D eigenvalue weighted by Crippen LogP contribution is 2.36. The van der Waals surface area contributed by atoms with Crippen molar-refractivity contribution in [2.24, 2.45) is 0 Å². The van der Waals surface area contributed by atoms with Crippen LogP contribution in [-0.4, -0.2) is 48.9 Å². The number of carbonyl (C=O) groups is 4. The molecule has 5 rings (SSSR count). The lowest BCUT2D eigenvalue weighted by molar-refractivity contribution is -0.136. The quantitative estimate of drug-likeness (QED) is 0.429. The summed E-state index contributed by atoms with van der Waals surface area (Å²) in [5.74, 6) is -1.29. The molecule has 11 heteroatoms. The molecule has 3 aromatic rings. The highest BCUT2D eigenvalue weighted by atomic mass is 19.1. The van der Waals surface area contributed by atoms with Crippen LogP contribution in [0.1, 0.15) is 34.3 Å². The monoisotopic (exact) mass is 546 g/mol. The molecule has 0 bridgehead atoms. The maximum absolute atomic E-state index is 13.6. The molecule has 0 radical (unpaired) electrons. The van der Waals surface area contributed by atoms with E-state index < -0.39 is 18.0 Å². The smallest absolute Gasteiger partial charge is 0.411 e. The molecule has 40 heavy (non-hydrogen) atoms. The predicted molar refractivity (Wildman–Crippen MR) is 144 cm³/mol. The number of piperidine rings is 1. The van der Waals surface area contributed by atoms with Crippen molar-refractivity contribution in [3.05, 3.63) is 83.2 Å². The zero-order valence-corrected chi connectivity index (χ0v) is 21.9. The van der Waals surface area contributed by atoms with E-state index in [0.717, 1.165) is 5.69 Å². The first-order valence-corrected chi connectivity index (χ1v) is 12.6. The molecule has 0 aliphatic carbocycles. The Balaban J connectivity index is 1.22. The Bertz CT molecular complexity index is 1490. The Morgan fingerprint density at radius 1 is 1.10 bits per heavy atom. The van der Waals surface area contributed by atoms with Crippen LogP contribution in [0, 0.1) is 5.82 Å². The van der Waals surface area contributed by atoms with E-state index in [9.17, 15) is 23.6 Å². The third-order valence-electron chi connectivity index (χ3n) is 6.99. The van der Waals surface area contributed by atoms with Crippen molar-refractivity contribution in [2.45, 2.75) is 32.0 Å². The van der Waals surface area contributed by atoms with Crippen LogP contribution in [0.25, 0.3) is 0 Å². The van der Waals surface area contributed by atoms with Crippen LogP contribution >= 0.6 is 0 Å². The Kier molecular flexibility index (Phi) is 7.37. The van der Waals surface area contributed by atoms with Crippen molar-refractivity contribution in [3.8, 4) is 5.75 Å². The minimum atomic E-state index is -0.743. The van der Waals surface area contributed by atoms with Crippen molar-refractivity contribution in [3.63, 3.8) is 0 Å². The van der Waals surface area contributed by atoms with Crippen LogP contribution in [0.15, 0.2) is 60.7 Å². The highest BCUT2D eigenvalue weighted by molar-refractivity contribution is 6.06. The molecule has 2 aliphatic heterocycles. The molecule has 0 spiro atoms. The van der Waals surface area contributed by atoms with Crippen molar-refractivity contribution in [1.29, 1.82) is 0 Å². The van der Waals surface area contributed by atoms with Gasteiger partial charge in [0.15, 0.2) is 0 Å². The molecule has 3 aromatic carbocycles. The van der Waals surface area contributed by atoms with E-state index in [2.05, 4.69) is 10.6 Å². The lowest BCUT2D eigenvalue weighted by atomic mass is 10.0. The maximum Gasteiger partial charge on any atom is 0.411 e. The van der Waals surface area contributed by atoms with Gasteiger partial charge in [0.2, 0.25) is 11.8 Å². The molecule has 206 valence electrons. The summed E-state index contributed by atoms with van der Waals surface area (Å²) in [5.41, 5.74) is 3.46. The lowest BCUT2D eigenvalue weighted by Crippen LogP contribution is -2.52. The third-order valence-corrected chi connectivity index (χ3v) is 6.99. The summed E-state index contributed by atoms with van der Waals surface area (Å²) in [6, 6.07) is 15.9. The second-order valence-corrected chi connectivity index (χ2v) is 9.48. The zero-order valence-electron chi connectivity index (χ0n) is 21.9. The van der Waals surface area contributed by atoms with Gasteiger partial charge in [0.1, 0.15) is 24.2 Å². The molecule has 2 aliphatic rings. The number of hydrogen-bond donors (Lipinski definition) is 2. The van der Waals surface area contributed by atoms with E-state index in [-0.39, 0.29) is 49.4 Å². The average molecular weight is 547 g/mol.